The van der Waals surface area contributed by atoms with Crippen LogP contribution in [-0.2, 0) is 9.59 Å². The Labute approximate surface area is 97.5 Å². The first kappa shape index (κ1) is 9.32. The van der Waals surface area contributed by atoms with Crippen LogP contribution in [0.25, 0.3) is 0 Å². The lowest BCUT2D eigenvalue weighted by Gasteiger charge is -2.46. The fraction of sp³-hybridized carbons (Fsp3) is 0.636. The van der Waals surface area contributed by atoms with Crippen molar-refractivity contribution in [1.82, 2.24) is 10.9 Å². The van der Waals surface area contributed by atoms with E-state index in [-0.39, 0.29) is 11.8 Å². The molecule has 2 spiro atoms. The van der Waals surface area contributed by atoms with Crippen LogP contribution in [0.15, 0.2) is 10.2 Å². The van der Waals surface area contributed by atoms with E-state index >= 15 is 0 Å². The van der Waals surface area contributed by atoms with E-state index in [0.717, 1.165) is 24.3 Å². The van der Waals surface area contributed by atoms with E-state index in [9.17, 15) is 9.59 Å². The Morgan fingerprint density at radius 2 is 1.35 bits per heavy atom. The maximum atomic E-state index is 12.0. The summed E-state index contributed by atoms with van der Waals surface area (Å²) in [5, 5.41) is 8.26. The van der Waals surface area contributed by atoms with Gasteiger partial charge in [-0.3, -0.25) is 9.59 Å². The van der Waals surface area contributed by atoms with Crippen LogP contribution in [0.5, 0.6) is 0 Å². The highest BCUT2D eigenvalue weighted by molar-refractivity contribution is 6.20. The maximum Gasteiger partial charge on any atom is 0.252 e. The standard InChI is InChI=1S/C11H12N4O2/c16-8-10-3-1-6-11(5-10,9(17)14-12-6)4-2-7(10)13-15-8/h1-5H2,(H,14,17)(H,15,16)/t10-,11-/m1/s1. The molecule has 2 heterocycles. The van der Waals surface area contributed by atoms with Crippen molar-refractivity contribution < 1.29 is 9.59 Å². The number of amides is 2. The van der Waals surface area contributed by atoms with Gasteiger partial charge in [0.05, 0.1) is 22.3 Å². The summed E-state index contributed by atoms with van der Waals surface area (Å²) >= 11 is 0. The molecule has 6 heteroatoms. The molecule has 0 aromatic heterocycles. The molecular formula is C11H12N4O2. The van der Waals surface area contributed by atoms with Crippen molar-refractivity contribution in [2.75, 3.05) is 0 Å². The molecule has 0 saturated heterocycles. The number of hydrazone groups is 2. The Balaban J connectivity index is 1.87. The summed E-state index contributed by atoms with van der Waals surface area (Å²) < 4.78 is 0. The maximum absolute atomic E-state index is 12.0. The Bertz CT molecular complexity index is 478. The van der Waals surface area contributed by atoms with Crippen LogP contribution in [0.4, 0.5) is 0 Å². The van der Waals surface area contributed by atoms with E-state index in [0.29, 0.717) is 19.3 Å². The topological polar surface area (TPSA) is 82.9 Å². The Morgan fingerprint density at radius 1 is 0.882 bits per heavy atom. The molecule has 2 amide bonds. The minimum absolute atomic E-state index is 0.0367. The number of hydrogen-bond donors (Lipinski definition) is 2. The molecule has 4 rings (SSSR count). The fourth-order valence-electron chi connectivity index (χ4n) is 3.75. The van der Waals surface area contributed by atoms with Gasteiger partial charge in [-0.15, -0.1) is 0 Å². The predicted molar refractivity (Wildman–Crippen MR) is 59.1 cm³/mol. The summed E-state index contributed by atoms with van der Waals surface area (Å²) in [7, 11) is 0. The average molecular weight is 232 g/mol. The molecule has 0 aromatic carbocycles. The van der Waals surface area contributed by atoms with Crippen molar-refractivity contribution in [1.29, 1.82) is 0 Å². The molecule has 2 saturated carbocycles. The number of hydrogen-bond acceptors (Lipinski definition) is 4. The van der Waals surface area contributed by atoms with Gasteiger partial charge in [-0.25, -0.2) is 10.9 Å². The van der Waals surface area contributed by atoms with Crippen molar-refractivity contribution >= 4 is 23.2 Å². The molecule has 2 N–H and O–H groups in total. The molecule has 0 unspecified atom stereocenters. The average Bonchev–Trinajstić information content (AvgIpc) is 2.80. The van der Waals surface area contributed by atoms with Crippen LogP contribution in [0.1, 0.15) is 32.1 Å². The summed E-state index contributed by atoms with van der Waals surface area (Å²) in [6.45, 7) is 0. The van der Waals surface area contributed by atoms with Crippen molar-refractivity contribution in [2.24, 2.45) is 21.0 Å². The van der Waals surface area contributed by atoms with Gasteiger partial charge < -0.3 is 0 Å². The smallest absolute Gasteiger partial charge is 0.252 e. The molecule has 4 aliphatic rings. The van der Waals surface area contributed by atoms with Crippen LogP contribution >= 0.6 is 0 Å². The second-order valence-corrected chi connectivity index (χ2v) is 5.34. The van der Waals surface area contributed by atoms with Gasteiger partial charge >= 0.3 is 0 Å². The minimum Gasteiger partial charge on any atom is -0.272 e. The van der Waals surface area contributed by atoms with E-state index in [2.05, 4.69) is 21.1 Å². The summed E-state index contributed by atoms with van der Waals surface area (Å²) in [6, 6.07) is 0. The van der Waals surface area contributed by atoms with E-state index in [4.69, 9.17) is 0 Å². The fourth-order valence-corrected chi connectivity index (χ4v) is 3.75. The third-order valence-electron chi connectivity index (χ3n) is 4.74. The first-order chi connectivity index (χ1) is 8.17. The summed E-state index contributed by atoms with van der Waals surface area (Å²) in [6.07, 6.45) is 3.44. The molecule has 6 nitrogen and oxygen atoms in total. The third kappa shape index (κ3) is 0.852. The number of carbonyl (C=O) groups is 2. The monoisotopic (exact) mass is 232 g/mol. The molecule has 2 fully saturated rings. The number of nitrogens with one attached hydrogen (secondary N) is 2. The van der Waals surface area contributed by atoms with Crippen LogP contribution in [0.2, 0.25) is 0 Å². The number of carbonyl (C=O) groups excluding carboxylic acids is 2. The lowest BCUT2D eigenvalue weighted by molar-refractivity contribution is -0.133. The Kier molecular flexibility index (Phi) is 1.41. The molecule has 88 valence electrons. The molecular weight excluding hydrogens is 220 g/mol. The lowest BCUT2D eigenvalue weighted by Crippen LogP contribution is -2.55. The Hall–Kier alpha value is -1.72. The van der Waals surface area contributed by atoms with Gasteiger partial charge in [0.25, 0.3) is 11.8 Å². The second kappa shape index (κ2) is 2.57. The first-order valence-electron chi connectivity index (χ1n) is 5.92. The van der Waals surface area contributed by atoms with Gasteiger partial charge in [0.15, 0.2) is 0 Å². The predicted octanol–water partition coefficient (Wildman–Crippen LogP) is -0.0915. The number of rotatable bonds is 0. The zero-order chi connectivity index (χ0) is 11.7. The summed E-state index contributed by atoms with van der Waals surface area (Å²) in [5.74, 6) is -0.0735. The highest BCUT2D eigenvalue weighted by Gasteiger charge is 2.63. The van der Waals surface area contributed by atoms with Crippen molar-refractivity contribution in [3.05, 3.63) is 0 Å². The van der Waals surface area contributed by atoms with Gasteiger partial charge in [-0.2, -0.15) is 10.2 Å². The van der Waals surface area contributed by atoms with Gasteiger partial charge in [-0.05, 0) is 32.1 Å². The second-order valence-electron chi connectivity index (χ2n) is 5.34. The van der Waals surface area contributed by atoms with E-state index in [1.807, 2.05) is 0 Å². The molecule has 2 atom stereocenters. The van der Waals surface area contributed by atoms with Crippen LogP contribution in [0.3, 0.4) is 0 Å². The van der Waals surface area contributed by atoms with Crippen LogP contribution in [0, 0.1) is 10.8 Å². The SMILES string of the molecule is O=C1NN=C2CC[C@@]34C[C@@]12CCC3=NNC4=O. The van der Waals surface area contributed by atoms with Gasteiger partial charge in [0, 0.05) is 0 Å². The van der Waals surface area contributed by atoms with E-state index in [1.54, 1.807) is 0 Å². The lowest BCUT2D eigenvalue weighted by atomic mass is 9.53. The van der Waals surface area contributed by atoms with Gasteiger partial charge in [-0.1, -0.05) is 0 Å². The summed E-state index contributed by atoms with van der Waals surface area (Å²) in [4.78, 5) is 24.1. The highest BCUT2D eigenvalue weighted by Crippen LogP contribution is 2.55. The van der Waals surface area contributed by atoms with Crippen molar-refractivity contribution in [2.45, 2.75) is 32.1 Å². The van der Waals surface area contributed by atoms with Gasteiger partial charge in [0.1, 0.15) is 0 Å². The molecule has 0 radical (unpaired) electrons. The quantitative estimate of drug-likeness (QED) is 0.611. The van der Waals surface area contributed by atoms with Gasteiger partial charge in [0.2, 0.25) is 0 Å². The normalized spacial score (nSPS) is 42.1. The first-order valence-corrected chi connectivity index (χ1v) is 5.92. The highest BCUT2D eigenvalue weighted by atomic mass is 16.2. The molecule has 2 bridgehead atoms. The van der Waals surface area contributed by atoms with Crippen LogP contribution < -0.4 is 10.9 Å². The van der Waals surface area contributed by atoms with E-state index in [1.165, 1.54) is 0 Å². The van der Waals surface area contributed by atoms with E-state index < -0.39 is 10.8 Å². The third-order valence-corrected chi connectivity index (χ3v) is 4.74. The molecule has 2 aliphatic heterocycles. The van der Waals surface area contributed by atoms with Crippen molar-refractivity contribution in [3.63, 3.8) is 0 Å². The summed E-state index contributed by atoms with van der Waals surface area (Å²) in [5.41, 5.74) is 5.97. The largest absolute Gasteiger partial charge is 0.272 e. The van der Waals surface area contributed by atoms with Crippen LogP contribution in [-0.4, -0.2) is 23.2 Å². The Morgan fingerprint density at radius 3 is 1.82 bits per heavy atom. The molecule has 0 aromatic rings. The van der Waals surface area contributed by atoms with Crippen molar-refractivity contribution in [3.8, 4) is 0 Å². The minimum atomic E-state index is -0.529. The molecule has 17 heavy (non-hydrogen) atoms. The zero-order valence-corrected chi connectivity index (χ0v) is 9.25. The number of nitrogens with zero attached hydrogens (tertiary/aromatic N) is 2. The zero-order valence-electron chi connectivity index (χ0n) is 9.25. The molecule has 2 aliphatic carbocycles.